The smallest absolute Gasteiger partial charge is 0.306 e. The van der Waals surface area contributed by atoms with Crippen molar-refractivity contribution < 1.29 is 14.6 Å². The number of carboxylic acids is 1. The molecular weight excluding hydrogens is 192 g/mol. The van der Waals surface area contributed by atoms with Crippen molar-refractivity contribution in [1.82, 2.24) is 0 Å². The molecule has 0 aliphatic heterocycles. The van der Waals surface area contributed by atoms with Gasteiger partial charge in [-0.1, -0.05) is 12.1 Å². The number of carbonyl (C=O) groups is 1. The first-order valence-corrected chi connectivity index (χ1v) is 5.07. The molecule has 0 aromatic heterocycles. The molecule has 1 aliphatic rings. The summed E-state index contributed by atoms with van der Waals surface area (Å²) in [7, 11) is 1.64. The minimum atomic E-state index is -0.667. The van der Waals surface area contributed by atoms with Crippen LogP contribution in [0.5, 0.6) is 5.75 Å². The highest BCUT2D eigenvalue weighted by molar-refractivity contribution is 5.71. The minimum absolute atomic E-state index is 0.142. The Kier molecular flexibility index (Phi) is 2.62. The Bertz CT molecular complexity index is 350. The van der Waals surface area contributed by atoms with Crippen LogP contribution in [0.3, 0.4) is 0 Å². The van der Waals surface area contributed by atoms with E-state index in [-0.39, 0.29) is 5.92 Å². The maximum Gasteiger partial charge on any atom is 0.306 e. The summed E-state index contributed by atoms with van der Waals surface area (Å²) in [6.45, 7) is 0. The Morgan fingerprint density at radius 1 is 1.33 bits per heavy atom. The van der Waals surface area contributed by atoms with E-state index in [0.717, 1.165) is 18.6 Å². The van der Waals surface area contributed by atoms with E-state index in [1.807, 2.05) is 24.3 Å². The molecule has 0 amide bonds. The van der Waals surface area contributed by atoms with Crippen molar-refractivity contribution in [3.05, 3.63) is 29.8 Å². The van der Waals surface area contributed by atoms with E-state index in [4.69, 9.17) is 9.84 Å². The van der Waals surface area contributed by atoms with E-state index in [0.29, 0.717) is 5.92 Å². The number of aliphatic carboxylic acids is 1. The molecule has 0 heterocycles. The maximum atomic E-state index is 10.6. The number of carboxylic acid groups (broad SMARTS) is 1. The number of methoxy groups -OCH3 is 1. The van der Waals surface area contributed by atoms with Gasteiger partial charge in [0.05, 0.1) is 13.0 Å². The third-order valence-electron chi connectivity index (χ3n) is 3.07. The molecule has 0 atom stereocenters. The van der Waals surface area contributed by atoms with Crippen molar-refractivity contribution in [3.8, 4) is 5.75 Å². The summed E-state index contributed by atoms with van der Waals surface area (Å²) < 4.78 is 5.07. The van der Waals surface area contributed by atoms with Gasteiger partial charge in [-0.3, -0.25) is 4.79 Å². The zero-order valence-electron chi connectivity index (χ0n) is 8.64. The van der Waals surface area contributed by atoms with E-state index in [1.165, 1.54) is 5.56 Å². The van der Waals surface area contributed by atoms with E-state index >= 15 is 0 Å². The quantitative estimate of drug-likeness (QED) is 0.825. The van der Waals surface area contributed by atoms with Crippen molar-refractivity contribution in [3.63, 3.8) is 0 Å². The van der Waals surface area contributed by atoms with Gasteiger partial charge in [-0.25, -0.2) is 0 Å². The van der Waals surface area contributed by atoms with Gasteiger partial charge in [-0.05, 0) is 36.5 Å². The molecule has 0 radical (unpaired) electrons. The monoisotopic (exact) mass is 206 g/mol. The van der Waals surface area contributed by atoms with Gasteiger partial charge >= 0.3 is 5.97 Å². The molecule has 2 rings (SSSR count). The van der Waals surface area contributed by atoms with Crippen molar-refractivity contribution >= 4 is 5.97 Å². The molecule has 0 bridgehead atoms. The summed E-state index contributed by atoms with van der Waals surface area (Å²) in [4.78, 5) is 10.6. The van der Waals surface area contributed by atoms with Crippen LogP contribution in [0.25, 0.3) is 0 Å². The number of rotatable bonds is 3. The molecule has 0 saturated heterocycles. The Morgan fingerprint density at radius 2 is 1.93 bits per heavy atom. The lowest BCUT2D eigenvalue weighted by molar-refractivity contribution is -0.145. The molecule has 0 spiro atoms. The molecule has 1 saturated carbocycles. The standard InChI is InChI=1S/C12H14O3/c1-15-11-4-2-8(3-5-11)9-6-10(7-9)12(13)14/h2-5,9-10H,6-7H2,1H3,(H,13,14)/t9-,10-. The fourth-order valence-electron chi connectivity index (χ4n) is 1.97. The van der Waals surface area contributed by atoms with Gasteiger partial charge in [0.2, 0.25) is 0 Å². The maximum absolute atomic E-state index is 10.6. The van der Waals surface area contributed by atoms with Crippen LogP contribution in [0, 0.1) is 5.92 Å². The van der Waals surface area contributed by atoms with Gasteiger partial charge in [-0.15, -0.1) is 0 Å². The first kappa shape index (κ1) is 10.0. The first-order valence-electron chi connectivity index (χ1n) is 5.07. The van der Waals surface area contributed by atoms with Crippen LogP contribution in [-0.2, 0) is 4.79 Å². The lowest BCUT2D eigenvalue weighted by Gasteiger charge is -2.32. The highest BCUT2D eigenvalue weighted by Gasteiger charge is 2.35. The second kappa shape index (κ2) is 3.93. The number of hydrogen-bond donors (Lipinski definition) is 1. The van der Waals surface area contributed by atoms with Gasteiger partial charge in [0.1, 0.15) is 5.75 Å². The molecule has 3 heteroatoms. The third kappa shape index (κ3) is 1.96. The molecular formula is C12H14O3. The largest absolute Gasteiger partial charge is 0.497 e. The highest BCUT2D eigenvalue weighted by atomic mass is 16.5. The Labute approximate surface area is 88.7 Å². The average Bonchev–Trinajstić information content (AvgIpc) is 2.16. The van der Waals surface area contributed by atoms with Crippen LogP contribution in [0.4, 0.5) is 0 Å². The fourth-order valence-corrected chi connectivity index (χ4v) is 1.97. The van der Waals surface area contributed by atoms with Crippen LogP contribution in [0.1, 0.15) is 24.3 Å². The lowest BCUT2D eigenvalue weighted by atomic mass is 9.71. The number of hydrogen-bond acceptors (Lipinski definition) is 2. The molecule has 80 valence electrons. The minimum Gasteiger partial charge on any atom is -0.497 e. The van der Waals surface area contributed by atoms with Crippen LogP contribution >= 0.6 is 0 Å². The van der Waals surface area contributed by atoms with Crippen molar-refractivity contribution in [1.29, 1.82) is 0 Å². The van der Waals surface area contributed by atoms with E-state index in [2.05, 4.69) is 0 Å². The Morgan fingerprint density at radius 3 is 2.40 bits per heavy atom. The van der Waals surface area contributed by atoms with Crippen molar-refractivity contribution in [2.75, 3.05) is 7.11 Å². The summed E-state index contributed by atoms with van der Waals surface area (Å²) in [5.41, 5.74) is 1.22. The number of benzene rings is 1. The van der Waals surface area contributed by atoms with Crippen LogP contribution in [0.2, 0.25) is 0 Å². The average molecular weight is 206 g/mol. The summed E-state index contributed by atoms with van der Waals surface area (Å²) in [5.74, 6) is 0.446. The summed E-state index contributed by atoms with van der Waals surface area (Å²) >= 11 is 0. The topological polar surface area (TPSA) is 46.5 Å². The fraction of sp³-hybridized carbons (Fsp3) is 0.417. The van der Waals surface area contributed by atoms with Crippen LogP contribution in [-0.4, -0.2) is 18.2 Å². The van der Waals surface area contributed by atoms with Gasteiger partial charge in [0, 0.05) is 0 Å². The number of ether oxygens (including phenoxy) is 1. The van der Waals surface area contributed by atoms with Crippen molar-refractivity contribution in [2.24, 2.45) is 5.92 Å². The normalized spacial score (nSPS) is 24.3. The molecule has 1 fully saturated rings. The molecule has 3 nitrogen and oxygen atoms in total. The third-order valence-corrected chi connectivity index (χ3v) is 3.07. The summed E-state index contributed by atoms with van der Waals surface area (Å²) in [5, 5.41) is 8.76. The molecule has 1 N–H and O–H groups in total. The zero-order valence-corrected chi connectivity index (χ0v) is 8.64. The zero-order chi connectivity index (χ0) is 10.8. The second-order valence-electron chi connectivity index (χ2n) is 3.98. The lowest BCUT2D eigenvalue weighted by Crippen LogP contribution is -2.28. The predicted molar refractivity (Wildman–Crippen MR) is 56.1 cm³/mol. The van der Waals surface area contributed by atoms with E-state index in [9.17, 15) is 4.79 Å². The van der Waals surface area contributed by atoms with Crippen LogP contribution < -0.4 is 4.74 Å². The Balaban J connectivity index is 1.98. The SMILES string of the molecule is COc1ccc([C@H]2C[C@H](C(=O)O)C2)cc1. The van der Waals surface area contributed by atoms with Gasteiger partial charge < -0.3 is 9.84 Å². The Hall–Kier alpha value is -1.51. The molecule has 15 heavy (non-hydrogen) atoms. The molecule has 1 aromatic rings. The molecule has 1 aromatic carbocycles. The van der Waals surface area contributed by atoms with Gasteiger partial charge in [0.15, 0.2) is 0 Å². The van der Waals surface area contributed by atoms with E-state index in [1.54, 1.807) is 7.11 Å². The van der Waals surface area contributed by atoms with E-state index < -0.39 is 5.97 Å². The molecule has 1 aliphatic carbocycles. The predicted octanol–water partition coefficient (Wildman–Crippen LogP) is 2.27. The summed E-state index contributed by atoms with van der Waals surface area (Å²) in [6.07, 6.45) is 1.53. The van der Waals surface area contributed by atoms with Gasteiger partial charge in [0.25, 0.3) is 0 Å². The van der Waals surface area contributed by atoms with Gasteiger partial charge in [-0.2, -0.15) is 0 Å². The van der Waals surface area contributed by atoms with Crippen LogP contribution in [0.15, 0.2) is 24.3 Å². The molecule has 0 unspecified atom stereocenters. The second-order valence-corrected chi connectivity index (χ2v) is 3.98. The summed E-state index contributed by atoms with van der Waals surface area (Å²) in [6, 6.07) is 7.87. The van der Waals surface area contributed by atoms with Crippen molar-refractivity contribution in [2.45, 2.75) is 18.8 Å². The highest BCUT2D eigenvalue weighted by Crippen LogP contribution is 2.41. The first-order chi connectivity index (χ1) is 7.20.